The van der Waals surface area contributed by atoms with Gasteiger partial charge in [-0.15, -0.1) is 0 Å². The molecule has 2 aliphatic rings. The first kappa shape index (κ1) is 13.2. The van der Waals surface area contributed by atoms with Crippen molar-refractivity contribution in [1.29, 1.82) is 0 Å². The van der Waals surface area contributed by atoms with Gasteiger partial charge in [0.15, 0.2) is 0 Å². The molecule has 2 aliphatic heterocycles. The number of fused-ring (bicyclic) bond motifs is 1. The highest BCUT2D eigenvalue weighted by Crippen LogP contribution is 2.39. The minimum absolute atomic E-state index is 0.0357. The van der Waals surface area contributed by atoms with Crippen LogP contribution in [0, 0.1) is 0 Å². The molecule has 2 heterocycles. The molecular formula is C15H20N2O3. The number of hydrogen-bond donors (Lipinski definition) is 2. The summed E-state index contributed by atoms with van der Waals surface area (Å²) in [5.74, 6) is 1.68. The Hall–Kier alpha value is -1.75. The van der Waals surface area contributed by atoms with Crippen LogP contribution in [0.25, 0.3) is 0 Å². The average Bonchev–Trinajstić information content (AvgIpc) is 2.79. The fraction of sp³-hybridized carbons (Fsp3) is 0.533. The lowest BCUT2D eigenvalue weighted by Gasteiger charge is -2.31. The molecular weight excluding hydrogens is 256 g/mol. The minimum Gasteiger partial charge on any atom is -0.496 e. The number of amides is 1. The lowest BCUT2D eigenvalue weighted by atomic mass is 9.91. The van der Waals surface area contributed by atoms with Crippen molar-refractivity contribution in [2.75, 3.05) is 7.11 Å². The van der Waals surface area contributed by atoms with Crippen molar-refractivity contribution in [3.63, 3.8) is 0 Å². The van der Waals surface area contributed by atoms with Crippen LogP contribution in [-0.2, 0) is 11.2 Å². The second-order valence-electron chi connectivity index (χ2n) is 5.58. The van der Waals surface area contributed by atoms with Gasteiger partial charge < -0.3 is 20.5 Å². The van der Waals surface area contributed by atoms with Crippen molar-refractivity contribution in [2.24, 2.45) is 5.73 Å². The first-order chi connectivity index (χ1) is 9.58. The number of nitrogens with one attached hydrogen (secondary N) is 1. The predicted molar refractivity (Wildman–Crippen MR) is 74.9 cm³/mol. The van der Waals surface area contributed by atoms with Crippen molar-refractivity contribution in [3.05, 3.63) is 23.3 Å². The standard InChI is InChI=1S/C15H20N2O3/c1-8-5-9-6-13(19-2)10(7-12(9)20-8)15-11(16)3-4-14(18)17-15/h6-8,11,15H,3-5,16H2,1-2H3,(H,17,18). The molecule has 108 valence electrons. The van der Waals surface area contributed by atoms with Gasteiger partial charge in [0.25, 0.3) is 0 Å². The Balaban J connectivity index is 2.00. The van der Waals surface area contributed by atoms with E-state index >= 15 is 0 Å². The fourth-order valence-corrected chi connectivity index (χ4v) is 3.00. The van der Waals surface area contributed by atoms with Crippen molar-refractivity contribution in [2.45, 2.75) is 44.4 Å². The molecule has 0 aromatic heterocycles. The van der Waals surface area contributed by atoms with E-state index in [0.717, 1.165) is 29.0 Å². The van der Waals surface area contributed by atoms with Crippen molar-refractivity contribution >= 4 is 5.91 Å². The van der Waals surface area contributed by atoms with E-state index in [-0.39, 0.29) is 24.1 Å². The van der Waals surface area contributed by atoms with Crippen LogP contribution >= 0.6 is 0 Å². The van der Waals surface area contributed by atoms with E-state index in [2.05, 4.69) is 5.32 Å². The SMILES string of the molecule is COc1cc2c(cc1C1NC(=O)CCC1N)OC(C)C2. The maximum Gasteiger partial charge on any atom is 0.220 e. The van der Waals surface area contributed by atoms with Gasteiger partial charge in [0.1, 0.15) is 17.6 Å². The molecule has 0 spiro atoms. The molecule has 5 heteroatoms. The first-order valence-electron chi connectivity index (χ1n) is 7.01. The molecule has 0 radical (unpaired) electrons. The van der Waals surface area contributed by atoms with Crippen molar-refractivity contribution < 1.29 is 14.3 Å². The number of benzene rings is 1. The van der Waals surface area contributed by atoms with E-state index in [1.807, 2.05) is 19.1 Å². The normalized spacial score (nSPS) is 28.6. The van der Waals surface area contributed by atoms with Crippen molar-refractivity contribution in [1.82, 2.24) is 5.32 Å². The molecule has 1 aromatic carbocycles. The van der Waals surface area contributed by atoms with Gasteiger partial charge in [-0.25, -0.2) is 0 Å². The predicted octanol–water partition coefficient (Wildman–Crippen LogP) is 1.30. The maximum absolute atomic E-state index is 11.6. The van der Waals surface area contributed by atoms with Crippen molar-refractivity contribution in [3.8, 4) is 11.5 Å². The zero-order valence-corrected chi connectivity index (χ0v) is 11.8. The molecule has 0 bridgehead atoms. The zero-order chi connectivity index (χ0) is 14.3. The largest absolute Gasteiger partial charge is 0.496 e. The molecule has 0 saturated carbocycles. The van der Waals surface area contributed by atoms with Crippen LogP contribution in [0.1, 0.15) is 36.9 Å². The Bertz CT molecular complexity index is 544. The summed E-state index contributed by atoms with van der Waals surface area (Å²) in [5, 5.41) is 2.96. The summed E-state index contributed by atoms with van der Waals surface area (Å²) in [6.45, 7) is 2.04. The molecule has 3 N–H and O–H groups in total. The van der Waals surface area contributed by atoms with Gasteiger partial charge >= 0.3 is 0 Å². The van der Waals surface area contributed by atoms with Gasteiger partial charge in [-0.2, -0.15) is 0 Å². The molecule has 3 atom stereocenters. The van der Waals surface area contributed by atoms with Gasteiger partial charge in [0.2, 0.25) is 5.91 Å². The summed E-state index contributed by atoms with van der Waals surface area (Å²) in [5.41, 5.74) is 8.21. The Morgan fingerprint density at radius 1 is 1.45 bits per heavy atom. The number of carbonyl (C=O) groups excluding carboxylic acids is 1. The summed E-state index contributed by atoms with van der Waals surface area (Å²) >= 11 is 0. The number of methoxy groups -OCH3 is 1. The molecule has 3 rings (SSSR count). The van der Waals surface area contributed by atoms with E-state index in [9.17, 15) is 4.79 Å². The van der Waals surface area contributed by atoms with Gasteiger partial charge in [-0.1, -0.05) is 0 Å². The lowest BCUT2D eigenvalue weighted by Crippen LogP contribution is -2.45. The summed E-state index contributed by atoms with van der Waals surface area (Å²) in [4.78, 5) is 11.6. The molecule has 5 nitrogen and oxygen atoms in total. The molecule has 1 saturated heterocycles. The quantitative estimate of drug-likeness (QED) is 0.854. The van der Waals surface area contributed by atoms with Gasteiger partial charge in [-0.3, -0.25) is 4.79 Å². The third-order valence-corrected chi connectivity index (χ3v) is 4.03. The monoisotopic (exact) mass is 276 g/mol. The highest BCUT2D eigenvalue weighted by molar-refractivity contribution is 5.78. The first-order valence-corrected chi connectivity index (χ1v) is 7.01. The number of hydrogen-bond acceptors (Lipinski definition) is 4. The van der Waals surface area contributed by atoms with E-state index in [1.54, 1.807) is 7.11 Å². The molecule has 1 amide bonds. The van der Waals surface area contributed by atoms with Crippen LogP contribution in [0.4, 0.5) is 0 Å². The third-order valence-electron chi connectivity index (χ3n) is 4.03. The van der Waals surface area contributed by atoms with Gasteiger partial charge in [0.05, 0.1) is 13.2 Å². The maximum atomic E-state index is 11.6. The van der Waals surface area contributed by atoms with Gasteiger partial charge in [-0.05, 0) is 25.5 Å². The summed E-state index contributed by atoms with van der Waals surface area (Å²) < 4.78 is 11.3. The topological polar surface area (TPSA) is 73.6 Å². The Labute approximate surface area is 118 Å². The smallest absolute Gasteiger partial charge is 0.220 e. The van der Waals surface area contributed by atoms with E-state index in [0.29, 0.717) is 12.8 Å². The van der Waals surface area contributed by atoms with Crippen LogP contribution in [0.15, 0.2) is 12.1 Å². The Kier molecular flexibility index (Phi) is 3.30. The number of carbonyl (C=O) groups is 1. The molecule has 1 fully saturated rings. The molecule has 20 heavy (non-hydrogen) atoms. The minimum atomic E-state index is -0.212. The van der Waals surface area contributed by atoms with E-state index in [1.165, 1.54) is 0 Å². The molecule has 3 unspecified atom stereocenters. The van der Waals surface area contributed by atoms with Crippen LogP contribution in [0.2, 0.25) is 0 Å². The second kappa shape index (κ2) is 4.98. The van der Waals surface area contributed by atoms with E-state index < -0.39 is 0 Å². The molecule has 0 aliphatic carbocycles. The van der Waals surface area contributed by atoms with Crippen LogP contribution in [-0.4, -0.2) is 25.2 Å². The van der Waals surface area contributed by atoms with Gasteiger partial charge in [0, 0.05) is 30.0 Å². The number of nitrogens with two attached hydrogens (primary N) is 1. The number of rotatable bonds is 2. The van der Waals surface area contributed by atoms with E-state index in [4.69, 9.17) is 15.2 Å². The van der Waals surface area contributed by atoms with Crippen LogP contribution < -0.4 is 20.5 Å². The zero-order valence-electron chi connectivity index (χ0n) is 11.8. The number of ether oxygens (including phenoxy) is 2. The highest BCUT2D eigenvalue weighted by atomic mass is 16.5. The Morgan fingerprint density at radius 2 is 2.25 bits per heavy atom. The lowest BCUT2D eigenvalue weighted by molar-refractivity contribution is -0.123. The number of piperidine rings is 1. The third kappa shape index (κ3) is 2.22. The van der Waals surface area contributed by atoms with Crippen LogP contribution in [0.5, 0.6) is 11.5 Å². The average molecular weight is 276 g/mol. The fourth-order valence-electron chi connectivity index (χ4n) is 3.00. The summed E-state index contributed by atoms with van der Waals surface area (Å²) in [6, 6.07) is 3.66. The van der Waals surface area contributed by atoms with Crippen LogP contribution in [0.3, 0.4) is 0 Å². The summed E-state index contributed by atoms with van der Waals surface area (Å²) in [6.07, 6.45) is 2.24. The molecule has 1 aromatic rings. The summed E-state index contributed by atoms with van der Waals surface area (Å²) in [7, 11) is 1.64. The Morgan fingerprint density at radius 3 is 3.00 bits per heavy atom. The second-order valence-corrected chi connectivity index (χ2v) is 5.58. The highest BCUT2D eigenvalue weighted by Gasteiger charge is 2.31.